The van der Waals surface area contributed by atoms with Gasteiger partial charge in [0.15, 0.2) is 0 Å². The zero-order chi connectivity index (χ0) is 22.2. The molecule has 0 aromatic heterocycles. The van der Waals surface area contributed by atoms with Gasteiger partial charge in [-0.15, -0.1) is 0 Å². The van der Waals surface area contributed by atoms with Gasteiger partial charge < -0.3 is 15.5 Å². The molecule has 1 saturated carbocycles. The molecule has 0 radical (unpaired) electrons. The smallest absolute Gasteiger partial charge is 0.219 e. The summed E-state index contributed by atoms with van der Waals surface area (Å²) in [5, 5.41) is 24.0. The van der Waals surface area contributed by atoms with Crippen molar-refractivity contribution in [2.75, 3.05) is 6.54 Å². The molecule has 3 N–H and O–H groups in total. The third-order valence-corrected chi connectivity index (χ3v) is 6.76. The predicted molar refractivity (Wildman–Crippen MR) is 126 cm³/mol. The maximum Gasteiger partial charge on any atom is 0.219 e. The van der Waals surface area contributed by atoms with E-state index in [1.54, 1.807) is 0 Å². The number of rotatable bonds is 11. The summed E-state index contributed by atoms with van der Waals surface area (Å²) in [5.41, 5.74) is 3.82. The normalized spacial score (nSPS) is 26.1. The quantitative estimate of drug-likeness (QED) is 0.361. The number of carbonyl (C=O) groups excluding carboxylic acids is 1. The highest BCUT2D eigenvalue weighted by atomic mass is 16.3. The fraction of sp³-hybridized carbons (Fsp3) is 0.593. The number of aryl methyl sites for hydroxylation is 1. The first-order chi connectivity index (χ1) is 15.0. The van der Waals surface area contributed by atoms with Crippen molar-refractivity contribution in [3.05, 3.63) is 59.2 Å². The van der Waals surface area contributed by atoms with Gasteiger partial charge in [-0.1, -0.05) is 60.6 Å². The van der Waals surface area contributed by atoms with Gasteiger partial charge in [-0.2, -0.15) is 0 Å². The summed E-state index contributed by atoms with van der Waals surface area (Å²) in [5.74, 6) is 1.17. The van der Waals surface area contributed by atoms with Crippen LogP contribution in [0.25, 0.3) is 0 Å². The SMILES string of the molecule is CCCNC(=O)CCCCC1=C[C@H]2C[C@@H](O)[C@H](/C=C/[C@H](O)Cc3cccc(C)c3)[C@H]2C1. The first-order valence-corrected chi connectivity index (χ1v) is 12.0. The van der Waals surface area contributed by atoms with Gasteiger partial charge in [0.2, 0.25) is 5.91 Å². The second-order valence-electron chi connectivity index (χ2n) is 9.44. The average molecular weight is 426 g/mol. The summed E-state index contributed by atoms with van der Waals surface area (Å²) in [7, 11) is 0. The number of benzene rings is 1. The van der Waals surface area contributed by atoms with E-state index >= 15 is 0 Å². The number of aliphatic hydroxyl groups excluding tert-OH is 2. The number of hydrogen-bond acceptors (Lipinski definition) is 3. The van der Waals surface area contributed by atoms with Gasteiger partial charge >= 0.3 is 0 Å². The van der Waals surface area contributed by atoms with Crippen molar-refractivity contribution < 1.29 is 15.0 Å². The number of allylic oxidation sites excluding steroid dienone is 2. The molecule has 2 aliphatic rings. The van der Waals surface area contributed by atoms with E-state index in [-0.39, 0.29) is 17.9 Å². The molecule has 3 rings (SSSR count). The van der Waals surface area contributed by atoms with E-state index in [0.717, 1.165) is 50.6 Å². The third kappa shape index (κ3) is 7.05. The lowest BCUT2D eigenvalue weighted by Gasteiger charge is -2.19. The van der Waals surface area contributed by atoms with Crippen LogP contribution in [-0.2, 0) is 11.2 Å². The Morgan fingerprint density at radius 3 is 2.94 bits per heavy atom. The van der Waals surface area contributed by atoms with Crippen molar-refractivity contribution in [2.24, 2.45) is 17.8 Å². The molecular weight excluding hydrogens is 386 g/mol. The molecule has 0 heterocycles. The van der Waals surface area contributed by atoms with E-state index in [4.69, 9.17) is 0 Å². The van der Waals surface area contributed by atoms with E-state index < -0.39 is 6.10 Å². The molecule has 5 atom stereocenters. The van der Waals surface area contributed by atoms with Crippen LogP contribution < -0.4 is 5.32 Å². The van der Waals surface area contributed by atoms with Crippen molar-refractivity contribution in [2.45, 2.75) is 77.4 Å². The van der Waals surface area contributed by atoms with Gasteiger partial charge in [0.05, 0.1) is 12.2 Å². The number of amides is 1. The number of fused-ring (bicyclic) bond motifs is 1. The molecule has 1 fully saturated rings. The van der Waals surface area contributed by atoms with Gasteiger partial charge in [0, 0.05) is 25.3 Å². The topological polar surface area (TPSA) is 69.6 Å². The molecule has 4 nitrogen and oxygen atoms in total. The Morgan fingerprint density at radius 2 is 2.16 bits per heavy atom. The highest BCUT2D eigenvalue weighted by molar-refractivity contribution is 5.75. The number of unbranched alkanes of at least 4 members (excludes halogenated alkanes) is 1. The van der Waals surface area contributed by atoms with E-state index in [0.29, 0.717) is 24.7 Å². The predicted octanol–water partition coefficient (Wildman–Crippen LogP) is 4.48. The minimum Gasteiger partial charge on any atom is -0.392 e. The molecule has 0 spiro atoms. The highest BCUT2D eigenvalue weighted by Gasteiger charge is 2.43. The van der Waals surface area contributed by atoms with Crippen LogP contribution in [0.5, 0.6) is 0 Å². The molecule has 0 aliphatic heterocycles. The number of nitrogens with one attached hydrogen (secondary N) is 1. The molecular formula is C27H39NO3. The van der Waals surface area contributed by atoms with Crippen LogP contribution in [0.1, 0.15) is 63.0 Å². The number of hydrogen-bond donors (Lipinski definition) is 3. The first kappa shape index (κ1) is 23.7. The van der Waals surface area contributed by atoms with Crippen LogP contribution in [-0.4, -0.2) is 34.9 Å². The van der Waals surface area contributed by atoms with Gasteiger partial charge in [0.1, 0.15) is 0 Å². The molecule has 4 heteroatoms. The number of aliphatic hydroxyl groups is 2. The van der Waals surface area contributed by atoms with E-state index in [1.807, 2.05) is 18.2 Å². The molecule has 0 bridgehead atoms. The Balaban J connectivity index is 1.44. The Labute approximate surface area is 187 Å². The molecule has 2 aliphatic carbocycles. The second kappa shape index (κ2) is 11.6. The van der Waals surface area contributed by atoms with Crippen LogP contribution in [0.3, 0.4) is 0 Å². The standard InChI is InChI=1S/C27H39NO3/c1-3-13-28-27(31)10-5-4-8-21-15-22-18-26(30)24(25(22)17-21)12-11-23(29)16-20-9-6-7-19(2)14-20/h6-7,9,11-12,14-15,22-26,29-30H,3-5,8,10,13,16-18H2,1-2H3,(H,28,31)/b12-11+/t22-,23-,24+,25-,26+/m0/s1. The molecule has 1 aromatic rings. The molecule has 0 unspecified atom stereocenters. The first-order valence-electron chi connectivity index (χ1n) is 12.0. The lowest BCUT2D eigenvalue weighted by Crippen LogP contribution is -2.23. The summed E-state index contributed by atoms with van der Waals surface area (Å²) in [6.45, 7) is 4.89. The molecule has 170 valence electrons. The van der Waals surface area contributed by atoms with Crippen molar-refractivity contribution in [1.82, 2.24) is 5.32 Å². The summed E-state index contributed by atoms with van der Waals surface area (Å²) in [6, 6.07) is 8.24. The lowest BCUT2D eigenvalue weighted by molar-refractivity contribution is -0.121. The molecule has 31 heavy (non-hydrogen) atoms. The minimum absolute atomic E-state index is 0.116. The zero-order valence-corrected chi connectivity index (χ0v) is 19.1. The summed E-state index contributed by atoms with van der Waals surface area (Å²) < 4.78 is 0. The van der Waals surface area contributed by atoms with Crippen molar-refractivity contribution in [1.29, 1.82) is 0 Å². The molecule has 1 aromatic carbocycles. The van der Waals surface area contributed by atoms with E-state index in [1.165, 1.54) is 11.1 Å². The van der Waals surface area contributed by atoms with Gasteiger partial charge in [0.25, 0.3) is 0 Å². The van der Waals surface area contributed by atoms with Crippen molar-refractivity contribution in [3.63, 3.8) is 0 Å². The Kier molecular flexibility index (Phi) is 8.91. The van der Waals surface area contributed by atoms with Gasteiger partial charge in [-0.25, -0.2) is 0 Å². The summed E-state index contributed by atoms with van der Waals surface area (Å²) in [4.78, 5) is 11.7. The maximum atomic E-state index is 11.7. The van der Waals surface area contributed by atoms with Crippen LogP contribution in [0.2, 0.25) is 0 Å². The molecule has 0 saturated heterocycles. The average Bonchev–Trinajstić information content (AvgIpc) is 3.24. The largest absolute Gasteiger partial charge is 0.392 e. The van der Waals surface area contributed by atoms with Crippen LogP contribution >= 0.6 is 0 Å². The fourth-order valence-electron chi connectivity index (χ4n) is 5.19. The maximum absolute atomic E-state index is 11.7. The second-order valence-corrected chi connectivity index (χ2v) is 9.44. The highest BCUT2D eigenvalue weighted by Crippen LogP contribution is 2.48. The number of carbonyl (C=O) groups is 1. The molecule has 1 amide bonds. The van der Waals surface area contributed by atoms with Crippen LogP contribution in [0.15, 0.2) is 48.1 Å². The Bertz CT molecular complexity index is 784. The van der Waals surface area contributed by atoms with Crippen LogP contribution in [0.4, 0.5) is 0 Å². The fourth-order valence-corrected chi connectivity index (χ4v) is 5.19. The summed E-state index contributed by atoms with van der Waals surface area (Å²) in [6.07, 6.45) is 12.5. The van der Waals surface area contributed by atoms with Gasteiger partial charge in [-0.05, 0) is 62.8 Å². The lowest BCUT2D eigenvalue weighted by atomic mass is 9.88. The van der Waals surface area contributed by atoms with Crippen LogP contribution in [0, 0.1) is 24.7 Å². The Morgan fingerprint density at radius 1 is 1.32 bits per heavy atom. The third-order valence-electron chi connectivity index (χ3n) is 6.76. The Hall–Kier alpha value is -1.91. The zero-order valence-electron chi connectivity index (χ0n) is 19.1. The van der Waals surface area contributed by atoms with Crippen molar-refractivity contribution in [3.8, 4) is 0 Å². The van der Waals surface area contributed by atoms with Crippen molar-refractivity contribution >= 4 is 5.91 Å². The van der Waals surface area contributed by atoms with Gasteiger partial charge in [-0.3, -0.25) is 4.79 Å². The van der Waals surface area contributed by atoms with E-state index in [2.05, 4.69) is 43.4 Å². The van der Waals surface area contributed by atoms with E-state index in [9.17, 15) is 15.0 Å². The monoisotopic (exact) mass is 425 g/mol. The summed E-state index contributed by atoms with van der Waals surface area (Å²) >= 11 is 0. The minimum atomic E-state index is -0.527.